The largest absolute Gasteiger partial charge is 0.390 e. The lowest BCUT2D eigenvalue weighted by molar-refractivity contribution is -0.135. The molecule has 118 valence electrons. The highest BCUT2D eigenvalue weighted by molar-refractivity contribution is 7.88. The van der Waals surface area contributed by atoms with Gasteiger partial charge in [-0.2, -0.15) is 13.2 Å². The third kappa shape index (κ3) is 5.98. The van der Waals surface area contributed by atoms with Crippen molar-refractivity contribution >= 4 is 27.2 Å². The van der Waals surface area contributed by atoms with Gasteiger partial charge in [-0.1, -0.05) is 30.4 Å². The fourth-order valence-corrected chi connectivity index (χ4v) is 2.88. The third-order valence-corrected chi connectivity index (χ3v) is 4.81. The Morgan fingerprint density at radius 3 is 2.52 bits per heavy atom. The molecule has 1 rings (SSSR count). The standard InChI is InChI=1S/C12H15F3N2O2S2/c1-17(6-5-12(13,14)15)21(18,19)8-9-3-2-4-10(7-9)11(16)20/h2-4,7H,5-6,8H2,1H3,(H2,16,20). The zero-order valence-corrected chi connectivity index (χ0v) is 12.9. The van der Waals surface area contributed by atoms with Crippen LogP contribution in [0.15, 0.2) is 24.3 Å². The zero-order valence-electron chi connectivity index (χ0n) is 11.2. The Kier molecular flexibility index (Phi) is 5.71. The van der Waals surface area contributed by atoms with E-state index in [1.807, 2.05) is 0 Å². The maximum Gasteiger partial charge on any atom is 0.390 e. The number of rotatable bonds is 6. The number of halogens is 3. The van der Waals surface area contributed by atoms with Crippen LogP contribution in [0.4, 0.5) is 13.2 Å². The monoisotopic (exact) mass is 340 g/mol. The molecule has 1 aromatic carbocycles. The average Bonchev–Trinajstić information content (AvgIpc) is 2.34. The van der Waals surface area contributed by atoms with Crippen molar-refractivity contribution in [2.24, 2.45) is 5.73 Å². The van der Waals surface area contributed by atoms with Gasteiger partial charge in [0.2, 0.25) is 10.0 Å². The molecule has 0 aromatic heterocycles. The molecule has 4 nitrogen and oxygen atoms in total. The van der Waals surface area contributed by atoms with Crippen molar-refractivity contribution in [3.63, 3.8) is 0 Å². The van der Waals surface area contributed by atoms with Crippen molar-refractivity contribution in [3.8, 4) is 0 Å². The Labute approximate surface area is 126 Å². The summed E-state index contributed by atoms with van der Waals surface area (Å²) in [6.07, 6.45) is -5.58. The highest BCUT2D eigenvalue weighted by Crippen LogP contribution is 2.21. The van der Waals surface area contributed by atoms with Gasteiger partial charge >= 0.3 is 6.18 Å². The third-order valence-electron chi connectivity index (χ3n) is 2.75. The summed E-state index contributed by atoms with van der Waals surface area (Å²) in [4.78, 5) is 0.125. The number of hydrogen-bond acceptors (Lipinski definition) is 3. The van der Waals surface area contributed by atoms with Gasteiger partial charge in [-0.05, 0) is 11.6 Å². The van der Waals surface area contributed by atoms with Gasteiger partial charge in [-0.3, -0.25) is 0 Å². The first-order chi connectivity index (χ1) is 9.51. The Morgan fingerprint density at radius 2 is 2.00 bits per heavy atom. The molecule has 0 aliphatic rings. The van der Waals surface area contributed by atoms with E-state index in [0.717, 1.165) is 7.05 Å². The molecule has 0 fully saturated rings. The quantitative estimate of drug-likeness (QED) is 0.805. The molecule has 9 heteroatoms. The topological polar surface area (TPSA) is 63.4 Å². The van der Waals surface area contributed by atoms with Gasteiger partial charge in [0.15, 0.2) is 0 Å². The summed E-state index contributed by atoms with van der Waals surface area (Å²) >= 11 is 4.79. The lowest BCUT2D eigenvalue weighted by Gasteiger charge is -2.18. The van der Waals surface area contributed by atoms with Gasteiger partial charge in [0, 0.05) is 19.2 Å². The van der Waals surface area contributed by atoms with Crippen molar-refractivity contribution in [3.05, 3.63) is 35.4 Å². The van der Waals surface area contributed by atoms with Gasteiger partial charge < -0.3 is 5.73 Å². The number of nitrogens with zero attached hydrogens (tertiary/aromatic N) is 1. The van der Waals surface area contributed by atoms with Gasteiger partial charge in [0.05, 0.1) is 12.2 Å². The van der Waals surface area contributed by atoms with Crippen molar-refractivity contribution in [1.82, 2.24) is 4.31 Å². The fraction of sp³-hybridized carbons (Fsp3) is 0.417. The van der Waals surface area contributed by atoms with Crippen LogP contribution in [0.25, 0.3) is 0 Å². The number of alkyl halides is 3. The van der Waals surface area contributed by atoms with Gasteiger partial charge in [0.1, 0.15) is 4.99 Å². The Balaban J connectivity index is 2.80. The molecule has 0 aliphatic heterocycles. The molecule has 0 aliphatic carbocycles. The van der Waals surface area contributed by atoms with Crippen molar-refractivity contribution in [2.45, 2.75) is 18.3 Å². The van der Waals surface area contributed by atoms with Crippen LogP contribution >= 0.6 is 12.2 Å². The molecule has 0 saturated heterocycles. The van der Waals surface area contributed by atoms with E-state index in [4.69, 9.17) is 18.0 Å². The number of sulfonamides is 1. The van der Waals surface area contributed by atoms with Crippen LogP contribution in [0, 0.1) is 0 Å². The van der Waals surface area contributed by atoms with E-state index in [0.29, 0.717) is 15.4 Å². The number of benzene rings is 1. The molecule has 1 aromatic rings. The smallest absolute Gasteiger partial charge is 0.389 e. The maximum absolute atomic E-state index is 12.1. The van der Waals surface area contributed by atoms with Crippen molar-refractivity contribution in [2.75, 3.05) is 13.6 Å². The minimum absolute atomic E-state index is 0.125. The minimum atomic E-state index is -4.39. The first-order valence-corrected chi connectivity index (χ1v) is 7.92. The molecule has 0 radical (unpaired) electrons. The molecule has 0 spiro atoms. The molecule has 0 bridgehead atoms. The van der Waals surface area contributed by atoms with Crippen LogP contribution in [0.1, 0.15) is 17.5 Å². The number of thiocarbonyl (C=S) groups is 1. The van der Waals surface area contributed by atoms with Crippen molar-refractivity contribution in [1.29, 1.82) is 0 Å². The van der Waals surface area contributed by atoms with E-state index in [-0.39, 0.29) is 4.99 Å². The number of nitrogens with two attached hydrogens (primary N) is 1. The highest BCUT2D eigenvalue weighted by Gasteiger charge is 2.29. The first-order valence-electron chi connectivity index (χ1n) is 5.91. The van der Waals surface area contributed by atoms with Crippen LogP contribution in [-0.2, 0) is 15.8 Å². The summed E-state index contributed by atoms with van der Waals surface area (Å²) in [6.45, 7) is -0.610. The summed E-state index contributed by atoms with van der Waals surface area (Å²) in [6, 6.07) is 6.29. The van der Waals surface area contributed by atoms with Crippen molar-refractivity contribution < 1.29 is 21.6 Å². The molecule has 0 atom stereocenters. The second kappa shape index (κ2) is 6.71. The molecule has 0 saturated carbocycles. The van der Waals surface area contributed by atoms with Gasteiger partial charge in [-0.15, -0.1) is 0 Å². The van der Waals surface area contributed by atoms with E-state index in [2.05, 4.69) is 0 Å². The highest BCUT2D eigenvalue weighted by atomic mass is 32.2. The Bertz CT molecular complexity index is 615. The summed E-state index contributed by atoms with van der Waals surface area (Å²) in [5, 5.41) is 0. The fourth-order valence-electron chi connectivity index (χ4n) is 1.56. The zero-order chi connectivity index (χ0) is 16.3. The molecule has 0 amide bonds. The Morgan fingerprint density at radius 1 is 1.38 bits per heavy atom. The van der Waals surface area contributed by atoms with E-state index in [1.54, 1.807) is 18.2 Å². The predicted molar refractivity (Wildman–Crippen MR) is 78.3 cm³/mol. The molecular formula is C12H15F3N2O2S2. The predicted octanol–water partition coefficient (Wildman–Crippen LogP) is 2.03. The second-order valence-electron chi connectivity index (χ2n) is 4.51. The van der Waals surface area contributed by atoms with Gasteiger partial charge in [-0.25, -0.2) is 12.7 Å². The van der Waals surface area contributed by atoms with E-state index < -0.39 is 34.9 Å². The molecule has 21 heavy (non-hydrogen) atoms. The van der Waals surface area contributed by atoms with E-state index >= 15 is 0 Å². The SMILES string of the molecule is CN(CCC(F)(F)F)S(=O)(=O)Cc1cccc(C(N)=S)c1. The van der Waals surface area contributed by atoms with Crippen LogP contribution in [0.5, 0.6) is 0 Å². The molecule has 0 heterocycles. The normalized spacial score (nSPS) is 12.6. The molecular weight excluding hydrogens is 325 g/mol. The summed E-state index contributed by atoms with van der Waals surface area (Å²) in [5.74, 6) is -0.405. The van der Waals surface area contributed by atoms with E-state index in [9.17, 15) is 21.6 Å². The van der Waals surface area contributed by atoms with Crippen LogP contribution in [0.2, 0.25) is 0 Å². The first kappa shape index (κ1) is 17.9. The summed E-state index contributed by atoms with van der Waals surface area (Å²) in [7, 11) is -2.71. The van der Waals surface area contributed by atoms with Crippen LogP contribution in [-0.4, -0.2) is 37.5 Å². The van der Waals surface area contributed by atoms with Crippen LogP contribution in [0.3, 0.4) is 0 Å². The Hall–Kier alpha value is -1.19. The molecule has 0 unspecified atom stereocenters. The second-order valence-corrected chi connectivity index (χ2v) is 7.02. The van der Waals surface area contributed by atoms with Gasteiger partial charge in [0.25, 0.3) is 0 Å². The average molecular weight is 340 g/mol. The van der Waals surface area contributed by atoms with Crippen LogP contribution < -0.4 is 5.73 Å². The molecule has 2 N–H and O–H groups in total. The van der Waals surface area contributed by atoms with E-state index in [1.165, 1.54) is 6.07 Å². The maximum atomic E-state index is 12.1. The number of hydrogen-bond donors (Lipinski definition) is 1. The lowest BCUT2D eigenvalue weighted by Crippen LogP contribution is -2.31. The summed E-state index contributed by atoms with van der Waals surface area (Å²) < 4.78 is 61.1. The lowest BCUT2D eigenvalue weighted by atomic mass is 10.1. The summed E-state index contributed by atoms with van der Waals surface area (Å²) in [5.41, 5.74) is 6.37. The minimum Gasteiger partial charge on any atom is -0.389 e.